The van der Waals surface area contributed by atoms with Crippen LogP contribution in [0.5, 0.6) is 11.5 Å². The van der Waals surface area contributed by atoms with Crippen molar-refractivity contribution in [3.05, 3.63) is 29.5 Å². The van der Waals surface area contributed by atoms with E-state index in [1.54, 1.807) is 7.11 Å². The van der Waals surface area contributed by atoms with Crippen molar-refractivity contribution >= 4 is 5.82 Å². The average molecular weight is 315 g/mol. The van der Waals surface area contributed by atoms with Crippen molar-refractivity contribution in [3.63, 3.8) is 0 Å². The number of anilines is 1. The number of fused-ring (bicyclic) bond motifs is 2. The maximum absolute atomic E-state index is 5.70. The molecule has 1 N–H and O–H groups in total. The summed E-state index contributed by atoms with van der Waals surface area (Å²) in [5.41, 5.74) is 3.24. The molecule has 0 bridgehead atoms. The summed E-state index contributed by atoms with van der Waals surface area (Å²) in [7, 11) is 1.71. The molecule has 122 valence electrons. The molecule has 0 atom stereocenters. The Morgan fingerprint density at radius 2 is 2.09 bits per heavy atom. The number of nitrogens with one attached hydrogen (secondary N) is 1. The first-order valence-electron chi connectivity index (χ1n) is 8.10. The summed E-state index contributed by atoms with van der Waals surface area (Å²) in [6.45, 7) is 2.68. The molecule has 3 heterocycles. The van der Waals surface area contributed by atoms with Crippen molar-refractivity contribution in [2.45, 2.75) is 25.9 Å². The summed E-state index contributed by atoms with van der Waals surface area (Å²) in [4.78, 5) is 0. The highest BCUT2D eigenvalue weighted by Crippen LogP contribution is 2.34. The Labute approximate surface area is 135 Å². The van der Waals surface area contributed by atoms with Crippen LogP contribution in [-0.4, -0.2) is 36.6 Å². The van der Waals surface area contributed by atoms with Gasteiger partial charge in [-0.2, -0.15) is 5.10 Å². The van der Waals surface area contributed by atoms with E-state index in [0.29, 0.717) is 19.8 Å². The second kappa shape index (κ2) is 6.12. The van der Waals surface area contributed by atoms with Gasteiger partial charge in [0.2, 0.25) is 0 Å². The molecule has 2 aromatic rings. The number of hydrogen-bond donors (Lipinski definition) is 1. The Balaban J connectivity index is 1.79. The highest BCUT2D eigenvalue weighted by molar-refractivity contribution is 5.57. The molecule has 23 heavy (non-hydrogen) atoms. The van der Waals surface area contributed by atoms with Gasteiger partial charge in [0.1, 0.15) is 19.0 Å². The zero-order valence-corrected chi connectivity index (χ0v) is 13.3. The Bertz CT molecular complexity index is 711. The van der Waals surface area contributed by atoms with Crippen molar-refractivity contribution in [2.24, 2.45) is 0 Å². The van der Waals surface area contributed by atoms with Gasteiger partial charge < -0.3 is 19.5 Å². The van der Waals surface area contributed by atoms with Crippen LogP contribution in [0.2, 0.25) is 0 Å². The Morgan fingerprint density at radius 3 is 2.96 bits per heavy atom. The van der Waals surface area contributed by atoms with Gasteiger partial charge in [-0.3, -0.25) is 0 Å². The van der Waals surface area contributed by atoms with E-state index in [1.165, 1.54) is 18.4 Å². The minimum absolute atomic E-state index is 0.529. The second-order valence-electron chi connectivity index (χ2n) is 5.83. The van der Waals surface area contributed by atoms with Crippen molar-refractivity contribution < 1.29 is 14.2 Å². The molecule has 0 spiro atoms. The summed E-state index contributed by atoms with van der Waals surface area (Å²) in [5.74, 6) is 2.65. The number of benzene rings is 1. The van der Waals surface area contributed by atoms with Gasteiger partial charge in [0.25, 0.3) is 0 Å². The third-order valence-electron chi connectivity index (χ3n) is 4.26. The van der Waals surface area contributed by atoms with E-state index in [2.05, 4.69) is 5.32 Å². The van der Waals surface area contributed by atoms with E-state index in [1.807, 2.05) is 22.9 Å². The van der Waals surface area contributed by atoms with Gasteiger partial charge in [-0.05, 0) is 31.4 Å². The molecule has 6 nitrogen and oxygen atoms in total. The maximum atomic E-state index is 5.70. The number of aromatic nitrogens is 2. The lowest BCUT2D eigenvalue weighted by Crippen LogP contribution is -2.15. The molecule has 0 amide bonds. The molecule has 0 fully saturated rings. The fourth-order valence-corrected chi connectivity index (χ4v) is 3.18. The second-order valence-corrected chi connectivity index (χ2v) is 5.83. The number of ether oxygens (including phenoxy) is 3. The van der Waals surface area contributed by atoms with Crippen molar-refractivity contribution in [1.29, 1.82) is 0 Å². The fraction of sp³-hybridized carbons (Fsp3) is 0.471. The summed E-state index contributed by atoms with van der Waals surface area (Å²) < 4.78 is 18.6. The summed E-state index contributed by atoms with van der Waals surface area (Å²) in [5, 5.41) is 8.30. The van der Waals surface area contributed by atoms with E-state index in [4.69, 9.17) is 19.3 Å². The lowest BCUT2D eigenvalue weighted by Gasteiger charge is -2.19. The highest BCUT2D eigenvalue weighted by Gasteiger charge is 2.21. The first-order valence-corrected chi connectivity index (χ1v) is 8.10. The van der Waals surface area contributed by atoms with Crippen LogP contribution in [0.25, 0.3) is 5.69 Å². The molecule has 1 aromatic carbocycles. The van der Waals surface area contributed by atoms with Crippen molar-refractivity contribution in [3.8, 4) is 17.2 Å². The standard InChI is InChI=1S/C17H21N3O3/c1-21-11-14-13-4-2-3-7-18-17(13)20(19-14)12-5-6-15-16(10-12)23-9-8-22-15/h5-6,10,18H,2-4,7-9,11H2,1H3. The van der Waals surface area contributed by atoms with Crippen LogP contribution in [0, 0.1) is 0 Å². The molecule has 0 aliphatic carbocycles. The molecule has 6 heteroatoms. The molecule has 4 rings (SSSR count). The van der Waals surface area contributed by atoms with Crippen LogP contribution in [0.1, 0.15) is 24.1 Å². The minimum atomic E-state index is 0.529. The molecule has 2 aliphatic rings. The number of rotatable bonds is 3. The summed E-state index contributed by atoms with van der Waals surface area (Å²) >= 11 is 0. The van der Waals surface area contributed by atoms with Gasteiger partial charge in [-0.1, -0.05) is 0 Å². The van der Waals surface area contributed by atoms with Gasteiger partial charge >= 0.3 is 0 Å². The van der Waals surface area contributed by atoms with Crippen LogP contribution < -0.4 is 14.8 Å². The molecular formula is C17H21N3O3. The van der Waals surface area contributed by atoms with E-state index in [0.717, 1.165) is 41.7 Å². The number of hydrogen-bond acceptors (Lipinski definition) is 5. The van der Waals surface area contributed by atoms with E-state index < -0.39 is 0 Å². The van der Waals surface area contributed by atoms with Crippen molar-refractivity contribution in [1.82, 2.24) is 9.78 Å². The SMILES string of the molecule is COCc1nn(-c2ccc3c(c2)OCCO3)c2c1CCCCN2. The topological polar surface area (TPSA) is 57.5 Å². The molecule has 0 saturated carbocycles. The largest absolute Gasteiger partial charge is 0.486 e. The molecular weight excluding hydrogens is 294 g/mol. The van der Waals surface area contributed by atoms with Crippen LogP contribution >= 0.6 is 0 Å². The zero-order chi connectivity index (χ0) is 15.6. The predicted octanol–water partition coefficient (Wildman–Crippen LogP) is 2.54. The van der Waals surface area contributed by atoms with Gasteiger partial charge in [-0.15, -0.1) is 0 Å². The highest BCUT2D eigenvalue weighted by atomic mass is 16.6. The monoisotopic (exact) mass is 315 g/mol. The summed E-state index contributed by atoms with van der Waals surface area (Å²) in [6, 6.07) is 5.96. The average Bonchev–Trinajstić information content (AvgIpc) is 2.77. The van der Waals surface area contributed by atoms with Crippen LogP contribution in [0.3, 0.4) is 0 Å². The van der Waals surface area contributed by atoms with Gasteiger partial charge in [0.05, 0.1) is 18.0 Å². The van der Waals surface area contributed by atoms with Crippen LogP contribution in [-0.2, 0) is 17.8 Å². The molecule has 0 saturated heterocycles. The summed E-state index contributed by atoms with van der Waals surface area (Å²) in [6.07, 6.45) is 3.37. The smallest absolute Gasteiger partial charge is 0.163 e. The van der Waals surface area contributed by atoms with Crippen LogP contribution in [0.4, 0.5) is 5.82 Å². The number of methoxy groups -OCH3 is 1. The van der Waals surface area contributed by atoms with Gasteiger partial charge in [-0.25, -0.2) is 4.68 Å². The molecule has 0 radical (unpaired) electrons. The normalized spacial score (nSPS) is 16.4. The molecule has 1 aromatic heterocycles. The van der Waals surface area contributed by atoms with E-state index in [-0.39, 0.29) is 0 Å². The minimum Gasteiger partial charge on any atom is -0.486 e. The molecule has 0 unspecified atom stereocenters. The molecule has 2 aliphatic heterocycles. The lowest BCUT2D eigenvalue weighted by atomic mass is 10.1. The Kier molecular flexibility index (Phi) is 3.83. The Hall–Kier alpha value is -2.21. The fourth-order valence-electron chi connectivity index (χ4n) is 3.18. The number of nitrogens with zero attached hydrogens (tertiary/aromatic N) is 2. The quantitative estimate of drug-likeness (QED) is 0.943. The van der Waals surface area contributed by atoms with E-state index >= 15 is 0 Å². The van der Waals surface area contributed by atoms with Crippen molar-refractivity contribution in [2.75, 3.05) is 32.2 Å². The van der Waals surface area contributed by atoms with Gasteiger partial charge in [0.15, 0.2) is 11.5 Å². The first kappa shape index (κ1) is 14.4. The van der Waals surface area contributed by atoms with Gasteiger partial charge in [0, 0.05) is 25.3 Å². The third kappa shape index (κ3) is 2.63. The third-order valence-corrected chi connectivity index (χ3v) is 4.26. The zero-order valence-electron chi connectivity index (χ0n) is 13.3. The van der Waals surface area contributed by atoms with E-state index in [9.17, 15) is 0 Å². The maximum Gasteiger partial charge on any atom is 0.163 e. The van der Waals surface area contributed by atoms with Crippen LogP contribution in [0.15, 0.2) is 18.2 Å². The predicted molar refractivity (Wildman–Crippen MR) is 86.7 cm³/mol. The Morgan fingerprint density at radius 1 is 1.22 bits per heavy atom. The first-order chi connectivity index (χ1) is 11.4. The lowest BCUT2D eigenvalue weighted by molar-refractivity contribution is 0.171.